The molecule has 0 bridgehead atoms. The number of amides is 1. The van der Waals surface area contributed by atoms with E-state index in [0.29, 0.717) is 24.7 Å². The van der Waals surface area contributed by atoms with Gasteiger partial charge in [0.15, 0.2) is 5.78 Å². The number of nitrogens with one attached hydrogen (secondary N) is 1. The number of Topliss-reactive ketones (excluding diaryl/α,β-unsaturated/α-hetero) is 1. The maximum Gasteiger partial charge on any atom is 0.223 e. The summed E-state index contributed by atoms with van der Waals surface area (Å²) < 4.78 is 0. The first-order valence-electron chi connectivity index (χ1n) is 6.79. The number of likely N-dealkylation sites (tertiary alicyclic amines) is 1. The predicted molar refractivity (Wildman–Crippen MR) is 81.6 cm³/mol. The molecule has 110 valence electrons. The first-order valence-corrected chi connectivity index (χ1v) is 7.67. The summed E-state index contributed by atoms with van der Waals surface area (Å²) in [6.45, 7) is 3.79. The minimum absolute atomic E-state index is 0. The van der Waals surface area contributed by atoms with Crippen molar-refractivity contribution in [1.82, 2.24) is 10.2 Å². The number of carbonyl (C=O) groups excluding carboxylic acids is 2. The monoisotopic (exact) mass is 314 g/mol. The van der Waals surface area contributed by atoms with Gasteiger partial charge >= 0.3 is 0 Å². The van der Waals surface area contributed by atoms with Gasteiger partial charge in [-0.3, -0.25) is 9.59 Å². The van der Waals surface area contributed by atoms with Crippen molar-refractivity contribution in [2.75, 3.05) is 26.2 Å². The smallest absolute Gasteiger partial charge is 0.223 e. The minimum atomic E-state index is 0. The number of thiophene rings is 1. The molecule has 1 aromatic rings. The Hall–Kier alpha value is -0.910. The van der Waals surface area contributed by atoms with E-state index < -0.39 is 0 Å². The molecule has 0 unspecified atom stereocenters. The van der Waals surface area contributed by atoms with Crippen LogP contribution >= 0.6 is 23.7 Å². The molecule has 0 saturated carbocycles. The van der Waals surface area contributed by atoms with Crippen LogP contribution in [-0.4, -0.2) is 42.8 Å². The predicted octanol–water partition coefficient (Wildman–Crippen LogP) is 1.81. The SMILES string of the molecule is Cl.O=C(CCC(=O)N1C[C@H]2CNC[C@H]2C1)c1cccs1. The highest BCUT2D eigenvalue weighted by atomic mass is 35.5. The van der Waals surface area contributed by atoms with E-state index in [-0.39, 0.29) is 24.1 Å². The van der Waals surface area contributed by atoms with Crippen LogP contribution in [0.5, 0.6) is 0 Å². The zero-order valence-corrected chi connectivity index (χ0v) is 12.8. The molecule has 2 fully saturated rings. The van der Waals surface area contributed by atoms with Gasteiger partial charge in [0, 0.05) is 39.0 Å². The van der Waals surface area contributed by atoms with Crippen molar-refractivity contribution in [2.24, 2.45) is 11.8 Å². The molecule has 1 aromatic heterocycles. The molecule has 1 N–H and O–H groups in total. The lowest BCUT2D eigenvalue weighted by molar-refractivity contribution is -0.130. The molecule has 0 aliphatic carbocycles. The van der Waals surface area contributed by atoms with Crippen molar-refractivity contribution in [3.63, 3.8) is 0 Å². The highest BCUT2D eigenvalue weighted by molar-refractivity contribution is 7.12. The number of halogens is 1. The maximum atomic E-state index is 12.1. The van der Waals surface area contributed by atoms with Gasteiger partial charge in [0.1, 0.15) is 0 Å². The summed E-state index contributed by atoms with van der Waals surface area (Å²) in [6.07, 6.45) is 0.688. The average Bonchev–Trinajstić information content (AvgIpc) is 3.09. The van der Waals surface area contributed by atoms with Crippen LogP contribution in [0.15, 0.2) is 17.5 Å². The molecule has 3 heterocycles. The Balaban J connectivity index is 0.00000147. The lowest BCUT2D eigenvalue weighted by Gasteiger charge is -2.17. The third kappa shape index (κ3) is 3.22. The highest BCUT2D eigenvalue weighted by Crippen LogP contribution is 2.26. The Labute approximate surface area is 128 Å². The molecule has 0 radical (unpaired) electrons. The molecule has 0 spiro atoms. The van der Waals surface area contributed by atoms with Crippen molar-refractivity contribution in [2.45, 2.75) is 12.8 Å². The maximum absolute atomic E-state index is 12.1. The number of rotatable bonds is 4. The normalized spacial score (nSPS) is 24.3. The van der Waals surface area contributed by atoms with Crippen LogP contribution in [0.1, 0.15) is 22.5 Å². The van der Waals surface area contributed by atoms with E-state index in [0.717, 1.165) is 31.1 Å². The van der Waals surface area contributed by atoms with Crippen LogP contribution in [0.4, 0.5) is 0 Å². The fourth-order valence-electron chi connectivity index (χ4n) is 3.00. The van der Waals surface area contributed by atoms with Gasteiger partial charge in [-0.2, -0.15) is 0 Å². The second-order valence-corrected chi connectivity index (χ2v) is 6.33. The summed E-state index contributed by atoms with van der Waals surface area (Å²) in [7, 11) is 0. The molecule has 3 rings (SSSR count). The zero-order valence-electron chi connectivity index (χ0n) is 11.2. The Morgan fingerprint density at radius 1 is 1.25 bits per heavy atom. The molecule has 1 amide bonds. The molecule has 4 nitrogen and oxygen atoms in total. The minimum Gasteiger partial charge on any atom is -0.342 e. The lowest BCUT2D eigenvalue weighted by atomic mass is 10.0. The summed E-state index contributed by atoms with van der Waals surface area (Å²) in [5, 5.41) is 5.25. The Bertz CT molecular complexity index is 466. The number of hydrogen-bond acceptors (Lipinski definition) is 4. The van der Waals surface area contributed by atoms with Gasteiger partial charge in [-0.15, -0.1) is 23.7 Å². The van der Waals surface area contributed by atoms with Crippen molar-refractivity contribution < 1.29 is 9.59 Å². The fourth-order valence-corrected chi connectivity index (χ4v) is 3.69. The summed E-state index contributed by atoms with van der Waals surface area (Å²) in [5.41, 5.74) is 0. The van der Waals surface area contributed by atoms with Crippen LogP contribution in [0.25, 0.3) is 0 Å². The molecule has 2 aliphatic rings. The zero-order chi connectivity index (χ0) is 13.2. The van der Waals surface area contributed by atoms with Crippen LogP contribution in [0, 0.1) is 11.8 Å². The summed E-state index contributed by atoms with van der Waals surface area (Å²) in [5.74, 6) is 1.47. The Kier molecular flexibility index (Phi) is 5.18. The number of nitrogens with zero attached hydrogens (tertiary/aromatic N) is 1. The average molecular weight is 315 g/mol. The van der Waals surface area contributed by atoms with Crippen LogP contribution < -0.4 is 5.32 Å². The third-order valence-electron chi connectivity index (χ3n) is 4.10. The van der Waals surface area contributed by atoms with Crippen LogP contribution in [0.3, 0.4) is 0 Å². The lowest BCUT2D eigenvalue weighted by Crippen LogP contribution is -2.32. The fraction of sp³-hybridized carbons (Fsp3) is 0.571. The van der Waals surface area contributed by atoms with Gasteiger partial charge in [0.2, 0.25) is 5.91 Å². The molecule has 2 aliphatic heterocycles. The van der Waals surface area contributed by atoms with Gasteiger partial charge in [-0.05, 0) is 23.3 Å². The molecular formula is C14H19ClN2O2S. The molecule has 20 heavy (non-hydrogen) atoms. The van der Waals surface area contributed by atoms with E-state index in [1.807, 2.05) is 22.4 Å². The molecular weight excluding hydrogens is 296 g/mol. The van der Waals surface area contributed by atoms with Gasteiger partial charge in [0.25, 0.3) is 0 Å². The van der Waals surface area contributed by atoms with Crippen molar-refractivity contribution >= 4 is 35.4 Å². The van der Waals surface area contributed by atoms with Gasteiger partial charge in [-0.1, -0.05) is 6.07 Å². The summed E-state index contributed by atoms with van der Waals surface area (Å²) in [4.78, 5) is 26.7. The number of hydrogen-bond donors (Lipinski definition) is 1. The van der Waals surface area contributed by atoms with E-state index in [2.05, 4.69) is 5.32 Å². The van der Waals surface area contributed by atoms with Crippen LogP contribution in [-0.2, 0) is 4.79 Å². The molecule has 6 heteroatoms. The van der Waals surface area contributed by atoms with Crippen molar-refractivity contribution in [1.29, 1.82) is 0 Å². The second-order valence-electron chi connectivity index (χ2n) is 5.38. The van der Waals surface area contributed by atoms with E-state index >= 15 is 0 Å². The summed E-state index contributed by atoms with van der Waals surface area (Å²) >= 11 is 1.45. The van der Waals surface area contributed by atoms with E-state index in [1.54, 1.807) is 0 Å². The largest absolute Gasteiger partial charge is 0.342 e. The quantitative estimate of drug-likeness (QED) is 0.862. The van der Waals surface area contributed by atoms with Crippen molar-refractivity contribution in [3.05, 3.63) is 22.4 Å². The number of carbonyl (C=O) groups is 2. The van der Waals surface area contributed by atoms with E-state index in [9.17, 15) is 9.59 Å². The van der Waals surface area contributed by atoms with E-state index in [1.165, 1.54) is 11.3 Å². The number of fused-ring (bicyclic) bond motifs is 1. The van der Waals surface area contributed by atoms with Gasteiger partial charge in [-0.25, -0.2) is 0 Å². The first kappa shape index (κ1) is 15.5. The van der Waals surface area contributed by atoms with Crippen molar-refractivity contribution in [3.8, 4) is 0 Å². The second kappa shape index (κ2) is 6.70. The molecule has 2 saturated heterocycles. The van der Waals surface area contributed by atoms with Crippen LogP contribution in [0.2, 0.25) is 0 Å². The third-order valence-corrected chi connectivity index (χ3v) is 5.02. The molecule has 0 aromatic carbocycles. The summed E-state index contributed by atoms with van der Waals surface area (Å²) in [6, 6.07) is 3.69. The Morgan fingerprint density at radius 2 is 1.95 bits per heavy atom. The Morgan fingerprint density at radius 3 is 2.55 bits per heavy atom. The molecule has 2 atom stereocenters. The van der Waals surface area contributed by atoms with Gasteiger partial charge in [0.05, 0.1) is 4.88 Å². The van der Waals surface area contributed by atoms with E-state index in [4.69, 9.17) is 0 Å². The number of ketones is 1. The highest BCUT2D eigenvalue weighted by Gasteiger charge is 2.37. The first-order chi connectivity index (χ1) is 9.24. The standard InChI is InChI=1S/C14H18N2O2S.ClH/c17-12(13-2-1-5-19-13)3-4-14(18)16-8-10-6-15-7-11(10)9-16;/h1-2,5,10-11,15H,3-4,6-9H2;1H/t10-,11+;. The van der Waals surface area contributed by atoms with Gasteiger partial charge < -0.3 is 10.2 Å². The topological polar surface area (TPSA) is 49.4 Å².